The highest BCUT2D eigenvalue weighted by molar-refractivity contribution is 5.85. The summed E-state index contributed by atoms with van der Waals surface area (Å²) in [6.07, 6.45) is 1.86. The molecule has 10 heteroatoms. The van der Waals surface area contributed by atoms with Gasteiger partial charge in [-0.15, -0.1) is 0 Å². The van der Waals surface area contributed by atoms with Crippen LogP contribution < -0.4 is 10.6 Å². The molecule has 0 radical (unpaired) electrons. The van der Waals surface area contributed by atoms with Gasteiger partial charge in [-0.2, -0.15) is 10.2 Å². The zero-order chi connectivity index (χ0) is 23.4. The molecule has 1 saturated carbocycles. The number of ether oxygens (including phenoxy) is 1. The van der Waals surface area contributed by atoms with Crippen LogP contribution in [0.25, 0.3) is 11.2 Å². The highest BCUT2D eigenvalue weighted by Gasteiger charge is 2.37. The van der Waals surface area contributed by atoms with Gasteiger partial charge in [-0.25, -0.2) is 14.6 Å². The number of nitriles is 1. The molecule has 2 fully saturated rings. The lowest BCUT2D eigenvalue weighted by atomic mass is 10.1. The lowest BCUT2D eigenvalue weighted by Crippen LogP contribution is -2.59. The van der Waals surface area contributed by atoms with E-state index in [1.165, 1.54) is 4.57 Å². The van der Waals surface area contributed by atoms with Crippen molar-refractivity contribution in [1.82, 2.24) is 24.0 Å². The number of aryl methyl sites for hydroxylation is 1. The standard InChI is InChI=1S/C22H31N7O3/c1-13-12-28(21(31)32-22(3,4)5)14(2)11-27(13)18-17-19(26(6)20(30)25-18)29(15-7-8-15)16(24-17)9-10-23/h13-15H,7-9,11-12H2,1-6H3/t13-,14+/m0/s1. The summed E-state index contributed by atoms with van der Waals surface area (Å²) in [6.45, 7) is 10.5. The summed E-state index contributed by atoms with van der Waals surface area (Å²) in [6, 6.07) is 2.24. The van der Waals surface area contributed by atoms with E-state index in [4.69, 9.17) is 9.72 Å². The maximum absolute atomic E-state index is 12.8. The van der Waals surface area contributed by atoms with Crippen LogP contribution in [0.4, 0.5) is 10.6 Å². The Balaban J connectivity index is 1.74. The van der Waals surface area contributed by atoms with Gasteiger partial charge in [0, 0.05) is 38.3 Å². The van der Waals surface area contributed by atoms with E-state index in [9.17, 15) is 14.9 Å². The summed E-state index contributed by atoms with van der Waals surface area (Å²) in [5.41, 5.74) is 0.423. The van der Waals surface area contributed by atoms with Crippen LogP contribution in [-0.4, -0.2) is 60.9 Å². The third kappa shape index (κ3) is 3.92. The van der Waals surface area contributed by atoms with Crippen molar-refractivity contribution in [2.24, 2.45) is 7.05 Å². The number of aromatic nitrogens is 4. The van der Waals surface area contributed by atoms with Gasteiger partial charge >= 0.3 is 11.8 Å². The fourth-order valence-corrected chi connectivity index (χ4v) is 4.36. The van der Waals surface area contributed by atoms with E-state index in [2.05, 4.69) is 16.0 Å². The van der Waals surface area contributed by atoms with Gasteiger partial charge < -0.3 is 19.1 Å². The number of amides is 1. The van der Waals surface area contributed by atoms with Crippen LogP contribution in [0.1, 0.15) is 59.3 Å². The van der Waals surface area contributed by atoms with E-state index >= 15 is 0 Å². The van der Waals surface area contributed by atoms with E-state index in [-0.39, 0.29) is 36.3 Å². The van der Waals surface area contributed by atoms with E-state index in [1.807, 2.05) is 39.2 Å². The molecule has 1 amide bonds. The van der Waals surface area contributed by atoms with Crippen molar-refractivity contribution in [1.29, 1.82) is 5.26 Å². The number of hydrogen-bond acceptors (Lipinski definition) is 7. The first kappa shape index (κ1) is 22.1. The zero-order valence-corrected chi connectivity index (χ0v) is 19.6. The molecule has 1 aliphatic carbocycles. The second kappa shape index (κ2) is 7.80. The van der Waals surface area contributed by atoms with Gasteiger partial charge in [0.25, 0.3) is 0 Å². The number of rotatable bonds is 3. The van der Waals surface area contributed by atoms with Crippen molar-refractivity contribution >= 4 is 23.1 Å². The first-order valence-electron chi connectivity index (χ1n) is 11.1. The van der Waals surface area contributed by atoms with Crippen LogP contribution in [-0.2, 0) is 18.2 Å². The third-order valence-electron chi connectivity index (χ3n) is 6.01. The predicted molar refractivity (Wildman–Crippen MR) is 120 cm³/mol. The van der Waals surface area contributed by atoms with Gasteiger partial charge in [-0.3, -0.25) is 4.57 Å². The van der Waals surface area contributed by atoms with Gasteiger partial charge in [0.15, 0.2) is 5.82 Å². The van der Waals surface area contributed by atoms with Crippen molar-refractivity contribution in [2.75, 3.05) is 18.0 Å². The molecule has 0 unspecified atom stereocenters. The molecule has 0 N–H and O–H groups in total. The van der Waals surface area contributed by atoms with Crippen molar-refractivity contribution in [3.05, 3.63) is 16.3 Å². The highest BCUT2D eigenvalue weighted by atomic mass is 16.6. The maximum atomic E-state index is 12.8. The summed E-state index contributed by atoms with van der Waals surface area (Å²) in [7, 11) is 1.70. The van der Waals surface area contributed by atoms with Gasteiger partial charge in [0.2, 0.25) is 0 Å². The number of hydrogen-bond donors (Lipinski definition) is 0. The Labute approximate surface area is 187 Å². The molecule has 172 valence electrons. The van der Waals surface area contributed by atoms with Gasteiger partial charge in [-0.1, -0.05) is 0 Å². The van der Waals surface area contributed by atoms with Crippen molar-refractivity contribution in [3.63, 3.8) is 0 Å². The quantitative estimate of drug-likeness (QED) is 0.719. The van der Waals surface area contributed by atoms with Crippen molar-refractivity contribution in [3.8, 4) is 6.07 Å². The molecule has 2 aromatic heterocycles. The van der Waals surface area contributed by atoms with Gasteiger partial charge in [0.1, 0.15) is 22.6 Å². The average molecular weight is 442 g/mol. The Kier molecular flexibility index (Phi) is 5.39. The Hall–Kier alpha value is -3.09. The Bertz CT molecular complexity index is 1150. The highest BCUT2D eigenvalue weighted by Crippen LogP contribution is 2.40. The average Bonchev–Trinajstić information content (AvgIpc) is 3.46. The molecule has 1 aliphatic heterocycles. The van der Waals surface area contributed by atoms with E-state index in [1.54, 1.807) is 11.9 Å². The fourth-order valence-electron chi connectivity index (χ4n) is 4.36. The van der Waals surface area contributed by atoms with Gasteiger partial charge in [-0.05, 0) is 47.5 Å². The minimum Gasteiger partial charge on any atom is -0.444 e. The number of imidazole rings is 1. The largest absolute Gasteiger partial charge is 0.444 e. The van der Waals surface area contributed by atoms with Crippen LogP contribution in [0.15, 0.2) is 4.79 Å². The summed E-state index contributed by atoms with van der Waals surface area (Å²) in [5, 5.41) is 9.30. The van der Waals surface area contributed by atoms with Crippen LogP contribution in [0.3, 0.4) is 0 Å². The normalized spacial score (nSPS) is 21.7. The maximum Gasteiger partial charge on any atom is 0.410 e. The van der Waals surface area contributed by atoms with E-state index in [0.717, 1.165) is 12.8 Å². The van der Waals surface area contributed by atoms with E-state index in [0.29, 0.717) is 35.9 Å². The summed E-state index contributed by atoms with van der Waals surface area (Å²) < 4.78 is 9.14. The molecule has 2 aromatic rings. The molecule has 10 nitrogen and oxygen atoms in total. The fraction of sp³-hybridized carbons (Fsp3) is 0.682. The van der Waals surface area contributed by atoms with Crippen molar-refractivity contribution < 1.29 is 9.53 Å². The summed E-state index contributed by atoms with van der Waals surface area (Å²) in [4.78, 5) is 38.4. The lowest BCUT2D eigenvalue weighted by Gasteiger charge is -2.44. The summed E-state index contributed by atoms with van der Waals surface area (Å²) >= 11 is 0. The minimum atomic E-state index is -0.566. The number of carbonyl (C=O) groups excluding carboxylic acids is 1. The number of nitrogens with zero attached hydrogens (tertiary/aromatic N) is 7. The van der Waals surface area contributed by atoms with E-state index < -0.39 is 5.60 Å². The topological polar surface area (TPSA) is 109 Å². The Morgan fingerprint density at radius 1 is 1.19 bits per heavy atom. The first-order chi connectivity index (χ1) is 15.0. The summed E-state index contributed by atoms with van der Waals surface area (Å²) in [5.74, 6) is 1.19. The molecule has 2 atom stereocenters. The Morgan fingerprint density at radius 2 is 1.88 bits per heavy atom. The molecular weight excluding hydrogens is 410 g/mol. The first-order valence-corrected chi connectivity index (χ1v) is 11.1. The Morgan fingerprint density at radius 3 is 2.47 bits per heavy atom. The molecule has 0 aromatic carbocycles. The van der Waals surface area contributed by atoms with Gasteiger partial charge in [0.05, 0.1) is 12.5 Å². The molecule has 2 aliphatic rings. The molecule has 32 heavy (non-hydrogen) atoms. The zero-order valence-electron chi connectivity index (χ0n) is 19.6. The minimum absolute atomic E-state index is 0.0907. The number of carbonyl (C=O) groups is 1. The molecule has 0 bridgehead atoms. The van der Waals surface area contributed by atoms with Crippen LogP contribution in [0.2, 0.25) is 0 Å². The third-order valence-corrected chi connectivity index (χ3v) is 6.01. The monoisotopic (exact) mass is 441 g/mol. The smallest absolute Gasteiger partial charge is 0.410 e. The van der Waals surface area contributed by atoms with Crippen molar-refractivity contribution in [2.45, 2.75) is 77.6 Å². The lowest BCUT2D eigenvalue weighted by molar-refractivity contribution is 0.0130. The molecule has 1 saturated heterocycles. The molecule has 0 spiro atoms. The van der Waals surface area contributed by atoms with Crippen LogP contribution in [0, 0.1) is 11.3 Å². The van der Waals surface area contributed by atoms with Crippen LogP contribution in [0.5, 0.6) is 0 Å². The van der Waals surface area contributed by atoms with Crippen LogP contribution >= 0.6 is 0 Å². The second-order valence-corrected chi connectivity index (χ2v) is 9.90. The molecule has 3 heterocycles. The molecule has 4 rings (SSSR count). The number of fused-ring (bicyclic) bond motifs is 1. The SMILES string of the molecule is C[C@@H]1CN(c2nc(=O)n(C)c3c2nc(CC#N)n3C2CC2)[C@@H](C)CN1C(=O)OC(C)(C)C. The number of anilines is 1. The number of piperazine rings is 1. The predicted octanol–water partition coefficient (Wildman–Crippen LogP) is 2.37. The second-order valence-electron chi connectivity index (χ2n) is 9.90. The molecular formula is C22H31N7O3.